The molecule has 0 aliphatic rings. The molecule has 0 aromatic carbocycles. The smallest absolute Gasteiger partial charge is 0.251 e. The maximum Gasteiger partial charge on any atom is 0.251 e. The molecule has 0 radical (unpaired) electrons. The van der Waals surface area contributed by atoms with Crippen LogP contribution in [0, 0.1) is 0 Å². The third-order valence-electron chi connectivity index (χ3n) is 2.55. The zero-order chi connectivity index (χ0) is 12.4. The molecule has 0 amide bonds. The summed E-state index contributed by atoms with van der Waals surface area (Å²) in [4.78, 5) is 11.5. The van der Waals surface area contributed by atoms with Crippen molar-refractivity contribution in [1.29, 1.82) is 0 Å². The Balaban J connectivity index is 2.37. The lowest BCUT2D eigenvalue weighted by Crippen LogP contribution is -2.14. The molecule has 0 aliphatic heterocycles. The number of hydrogen-bond acceptors (Lipinski definition) is 5. The van der Waals surface area contributed by atoms with Gasteiger partial charge in [-0.3, -0.25) is 4.79 Å². The first-order valence-electron chi connectivity index (χ1n) is 5.38. The molecule has 0 saturated carbocycles. The fraction of sp³-hybridized carbons (Fsp3) is 0.364. The predicted octanol–water partition coefficient (Wildman–Crippen LogP) is 0.845. The molecule has 2 aromatic rings. The number of aromatic nitrogens is 3. The van der Waals surface area contributed by atoms with Gasteiger partial charge in [0.05, 0.1) is 6.04 Å². The zero-order valence-corrected chi connectivity index (χ0v) is 9.75. The minimum absolute atomic E-state index is 0.123. The summed E-state index contributed by atoms with van der Waals surface area (Å²) in [5.74, 6) is 0.713. The molecule has 0 fully saturated rings. The Morgan fingerprint density at radius 2 is 2.29 bits per heavy atom. The van der Waals surface area contributed by atoms with E-state index in [1.165, 1.54) is 10.6 Å². The molecule has 2 heterocycles. The first-order valence-corrected chi connectivity index (χ1v) is 5.38. The van der Waals surface area contributed by atoms with Crippen LogP contribution >= 0.6 is 0 Å². The van der Waals surface area contributed by atoms with Crippen LogP contribution in [0.15, 0.2) is 27.5 Å². The van der Waals surface area contributed by atoms with E-state index < -0.39 is 0 Å². The van der Waals surface area contributed by atoms with Crippen LogP contribution in [-0.2, 0) is 7.05 Å². The highest BCUT2D eigenvalue weighted by atomic mass is 16.4. The quantitative estimate of drug-likeness (QED) is 0.850. The molecule has 2 N–H and O–H groups in total. The van der Waals surface area contributed by atoms with Crippen LogP contribution in [0.4, 0.5) is 0 Å². The molecule has 2 aromatic heterocycles. The maximum absolute atomic E-state index is 11.5. The summed E-state index contributed by atoms with van der Waals surface area (Å²) in [6, 6.07) is 2.94. The van der Waals surface area contributed by atoms with E-state index in [1.54, 1.807) is 19.3 Å². The van der Waals surface area contributed by atoms with Crippen molar-refractivity contribution in [3.05, 3.63) is 34.6 Å². The van der Waals surface area contributed by atoms with Crippen molar-refractivity contribution in [3.63, 3.8) is 0 Å². The second-order valence-electron chi connectivity index (χ2n) is 3.82. The Kier molecular flexibility index (Phi) is 3.06. The number of nitrogens with two attached hydrogens (primary N) is 1. The topological polar surface area (TPSA) is 86.9 Å². The number of rotatable bonds is 3. The van der Waals surface area contributed by atoms with E-state index in [9.17, 15) is 4.79 Å². The van der Waals surface area contributed by atoms with Crippen LogP contribution in [0.2, 0.25) is 0 Å². The average Bonchev–Trinajstić information content (AvgIpc) is 2.81. The summed E-state index contributed by atoms with van der Waals surface area (Å²) in [6.45, 7) is 1.94. The largest absolute Gasteiger partial charge is 0.419 e. The van der Waals surface area contributed by atoms with Gasteiger partial charge < -0.3 is 14.7 Å². The lowest BCUT2D eigenvalue weighted by atomic mass is 10.2. The first kappa shape index (κ1) is 11.5. The van der Waals surface area contributed by atoms with E-state index in [0.717, 1.165) is 6.42 Å². The number of pyridine rings is 1. The summed E-state index contributed by atoms with van der Waals surface area (Å²) in [5, 5.41) is 7.75. The summed E-state index contributed by atoms with van der Waals surface area (Å²) < 4.78 is 6.89. The van der Waals surface area contributed by atoms with Gasteiger partial charge in [-0.15, -0.1) is 10.2 Å². The molecule has 17 heavy (non-hydrogen) atoms. The molecule has 6 nitrogen and oxygen atoms in total. The third kappa shape index (κ3) is 2.26. The van der Waals surface area contributed by atoms with Gasteiger partial charge in [-0.1, -0.05) is 6.92 Å². The van der Waals surface area contributed by atoms with Gasteiger partial charge in [0, 0.05) is 24.9 Å². The van der Waals surface area contributed by atoms with Gasteiger partial charge in [0.15, 0.2) is 0 Å². The molecule has 90 valence electrons. The average molecular weight is 234 g/mol. The lowest BCUT2D eigenvalue weighted by molar-refractivity contribution is 0.452. The summed E-state index contributed by atoms with van der Waals surface area (Å²) in [7, 11) is 1.68. The second-order valence-corrected chi connectivity index (χ2v) is 3.82. The van der Waals surface area contributed by atoms with Gasteiger partial charge in [0.1, 0.15) is 0 Å². The van der Waals surface area contributed by atoms with Gasteiger partial charge in [-0.25, -0.2) is 0 Å². The van der Waals surface area contributed by atoms with Crippen molar-refractivity contribution in [3.8, 4) is 11.5 Å². The second kappa shape index (κ2) is 4.50. The van der Waals surface area contributed by atoms with Crippen molar-refractivity contribution in [2.75, 3.05) is 0 Å². The molecule has 0 aliphatic carbocycles. The van der Waals surface area contributed by atoms with Gasteiger partial charge in [0.2, 0.25) is 11.8 Å². The van der Waals surface area contributed by atoms with Crippen LogP contribution in [0.3, 0.4) is 0 Å². The van der Waals surface area contributed by atoms with Crippen molar-refractivity contribution in [2.45, 2.75) is 19.4 Å². The minimum atomic E-state index is -0.261. The predicted molar refractivity (Wildman–Crippen MR) is 62.2 cm³/mol. The normalized spacial score (nSPS) is 12.6. The van der Waals surface area contributed by atoms with Crippen LogP contribution in [-0.4, -0.2) is 14.8 Å². The molecule has 0 saturated heterocycles. The van der Waals surface area contributed by atoms with Gasteiger partial charge in [-0.05, 0) is 12.5 Å². The third-order valence-corrected chi connectivity index (χ3v) is 2.55. The van der Waals surface area contributed by atoms with Gasteiger partial charge in [0.25, 0.3) is 5.56 Å². The van der Waals surface area contributed by atoms with E-state index in [1.807, 2.05) is 6.92 Å². The molecule has 0 spiro atoms. The molecule has 0 bridgehead atoms. The van der Waals surface area contributed by atoms with Crippen molar-refractivity contribution in [1.82, 2.24) is 14.8 Å². The highest BCUT2D eigenvalue weighted by molar-refractivity contribution is 5.50. The van der Waals surface area contributed by atoms with E-state index in [0.29, 0.717) is 17.3 Å². The van der Waals surface area contributed by atoms with Gasteiger partial charge >= 0.3 is 0 Å². The Hall–Kier alpha value is -1.95. The highest BCUT2D eigenvalue weighted by Crippen LogP contribution is 2.19. The number of hydrogen-bond donors (Lipinski definition) is 1. The van der Waals surface area contributed by atoms with Crippen LogP contribution in [0.25, 0.3) is 11.5 Å². The fourth-order valence-corrected chi connectivity index (χ4v) is 1.36. The van der Waals surface area contributed by atoms with Gasteiger partial charge in [-0.2, -0.15) is 0 Å². The Morgan fingerprint density at radius 3 is 2.94 bits per heavy atom. The van der Waals surface area contributed by atoms with Crippen molar-refractivity contribution < 1.29 is 4.42 Å². The first-order chi connectivity index (χ1) is 8.11. The zero-order valence-electron chi connectivity index (χ0n) is 9.75. The Bertz CT molecular complexity index is 573. The van der Waals surface area contributed by atoms with Crippen LogP contribution in [0.1, 0.15) is 25.3 Å². The monoisotopic (exact) mass is 234 g/mol. The van der Waals surface area contributed by atoms with Crippen molar-refractivity contribution in [2.24, 2.45) is 12.8 Å². The summed E-state index contributed by atoms with van der Waals surface area (Å²) in [5.41, 5.74) is 6.26. The SMILES string of the molecule is CCC(N)c1nnc(-c2ccn(C)c(=O)c2)o1. The maximum atomic E-state index is 11.5. The molecule has 2 rings (SSSR count). The highest BCUT2D eigenvalue weighted by Gasteiger charge is 2.13. The fourth-order valence-electron chi connectivity index (χ4n) is 1.36. The molecular formula is C11H14N4O2. The van der Waals surface area contributed by atoms with E-state index >= 15 is 0 Å². The Labute approximate surface area is 98.1 Å². The van der Waals surface area contributed by atoms with Crippen LogP contribution < -0.4 is 11.3 Å². The standard InChI is InChI=1S/C11H14N4O2/c1-3-8(12)11-14-13-10(17-11)7-4-5-15(2)9(16)6-7/h4-6,8H,3,12H2,1-2H3. The molecule has 6 heteroatoms. The lowest BCUT2D eigenvalue weighted by Gasteiger charge is -2.00. The van der Waals surface area contributed by atoms with Crippen molar-refractivity contribution >= 4 is 0 Å². The molecule has 1 unspecified atom stereocenters. The van der Waals surface area contributed by atoms with E-state index in [2.05, 4.69) is 10.2 Å². The van der Waals surface area contributed by atoms with Crippen LogP contribution in [0.5, 0.6) is 0 Å². The number of aryl methyl sites for hydroxylation is 1. The Morgan fingerprint density at radius 1 is 1.53 bits per heavy atom. The minimum Gasteiger partial charge on any atom is -0.419 e. The molecular weight excluding hydrogens is 220 g/mol. The van der Waals surface area contributed by atoms with E-state index in [4.69, 9.17) is 10.2 Å². The molecule has 1 atom stereocenters. The summed E-state index contributed by atoms with van der Waals surface area (Å²) >= 11 is 0. The summed E-state index contributed by atoms with van der Waals surface area (Å²) in [6.07, 6.45) is 2.37. The number of nitrogens with zero attached hydrogens (tertiary/aromatic N) is 3. The van der Waals surface area contributed by atoms with E-state index in [-0.39, 0.29) is 11.6 Å².